The Bertz CT molecular complexity index is 1570. The SMILES string of the molecule is [2H]C(=C\C=C(C)\C=C\C/C(C)=C/C(=O)C=C(C)C)/C(=C([2H])/C=C/C([2H])=C(/C([2H])=C/C=C(\C)C/C=C/C(C)CCC=C(C)C)C([2H])([2H])[2H])C([2H])([2H])[2H]. The molecule has 0 saturated heterocycles. The molecular formula is C40H56O. The molecule has 0 fully saturated rings. The third kappa shape index (κ3) is 25.3. The minimum absolute atomic E-state index is 0.0868. The van der Waals surface area contributed by atoms with Crippen molar-refractivity contribution in [2.75, 3.05) is 0 Å². The lowest BCUT2D eigenvalue weighted by Gasteiger charge is -2.03. The van der Waals surface area contributed by atoms with Crippen LogP contribution in [0, 0.1) is 5.92 Å². The third-order valence-corrected chi connectivity index (χ3v) is 5.43. The second-order valence-corrected chi connectivity index (χ2v) is 10.6. The molecule has 0 rings (SSSR count). The van der Waals surface area contributed by atoms with Gasteiger partial charge in [-0.3, -0.25) is 4.79 Å². The lowest BCUT2D eigenvalue weighted by molar-refractivity contribution is -0.110. The summed E-state index contributed by atoms with van der Waals surface area (Å²) < 4.78 is 81.3. The Hall–Kier alpha value is -3.45. The van der Waals surface area contributed by atoms with E-state index in [2.05, 4.69) is 32.9 Å². The monoisotopic (exact) mass is 562 g/mol. The number of hydrogen-bond acceptors (Lipinski definition) is 1. The standard InChI is InChI=1S/C40H56O/c1-32(2)18-13-21-36(7)24-16-27-37(8)25-14-22-34(5)19-11-12-20-35(6)23-15-26-38(9)28-17-29-39(10)31-40(41)30-33(3)4/h11-12,14-20,22-26,28,30-31,36H,13,21,27,29H2,1-10H3/b12-11+,22-14+,23-15+,24-16+,28-17+,34-19+,35-20+,37-25+,38-26+,39-31+/i5D3,6D3,19D,20D,22D,23D. The van der Waals surface area contributed by atoms with E-state index < -0.39 is 49.1 Å². The molecule has 0 radical (unpaired) electrons. The molecule has 0 aliphatic rings. The Balaban J connectivity index is 6.23. The summed E-state index contributed by atoms with van der Waals surface area (Å²) in [6.45, 7) is 9.79. The second-order valence-electron chi connectivity index (χ2n) is 10.6. The minimum Gasteiger partial charge on any atom is -0.290 e. The Morgan fingerprint density at radius 2 is 1.34 bits per heavy atom. The molecule has 0 bridgehead atoms. The van der Waals surface area contributed by atoms with Crippen molar-refractivity contribution in [3.05, 3.63) is 142 Å². The van der Waals surface area contributed by atoms with Crippen LogP contribution in [-0.4, -0.2) is 5.78 Å². The van der Waals surface area contributed by atoms with Crippen molar-refractivity contribution in [2.24, 2.45) is 5.92 Å². The van der Waals surface area contributed by atoms with Crippen LogP contribution in [0.2, 0.25) is 0 Å². The summed E-state index contributed by atoms with van der Waals surface area (Å²) in [5.74, 6) is 0.315. The van der Waals surface area contributed by atoms with Gasteiger partial charge in [0.15, 0.2) is 5.78 Å². The zero-order valence-electron chi connectivity index (χ0n) is 36.3. The zero-order chi connectivity index (χ0) is 39.5. The fourth-order valence-corrected chi connectivity index (χ4v) is 3.26. The van der Waals surface area contributed by atoms with E-state index in [1.165, 1.54) is 23.8 Å². The van der Waals surface area contributed by atoms with Crippen LogP contribution in [0.5, 0.6) is 0 Å². The van der Waals surface area contributed by atoms with Crippen LogP contribution in [0.25, 0.3) is 0 Å². The Labute approximate surface area is 267 Å². The van der Waals surface area contributed by atoms with Gasteiger partial charge in [0.05, 0.1) is 5.48 Å². The molecule has 0 saturated carbocycles. The minimum atomic E-state index is -2.84. The average molecular weight is 563 g/mol. The average Bonchev–Trinajstić information content (AvgIpc) is 2.96. The maximum atomic E-state index is 11.9. The van der Waals surface area contributed by atoms with Gasteiger partial charge in [0.2, 0.25) is 0 Å². The van der Waals surface area contributed by atoms with E-state index in [1.54, 1.807) is 31.2 Å². The van der Waals surface area contributed by atoms with E-state index in [1.807, 2.05) is 39.8 Å². The highest BCUT2D eigenvalue weighted by molar-refractivity contribution is 6.00. The van der Waals surface area contributed by atoms with Crippen LogP contribution in [0.15, 0.2) is 142 Å². The number of carbonyl (C=O) groups excluding carboxylic acids is 1. The van der Waals surface area contributed by atoms with Gasteiger partial charge in [-0.2, -0.15) is 0 Å². The van der Waals surface area contributed by atoms with E-state index in [-0.39, 0.29) is 5.78 Å². The number of ketones is 1. The molecule has 1 unspecified atom stereocenters. The number of hydrogen-bond donors (Lipinski definition) is 0. The predicted octanol–water partition coefficient (Wildman–Crippen LogP) is 12.2. The molecule has 0 heterocycles. The van der Waals surface area contributed by atoms with Gasteiger partial charge in [-0.15, -0.1) is 0 Å². The highest BCUT2D eigenvalue weighted by Gasteiger charge is 1.95. The van der Waals surface area contributed by atoms with Gasteiger partial charge >= 0.3 is 0 Å². The summed E-state index contributed by atoms with van der Waals surface area (Å²) in [6.07, 6.45) is 24.0. The molecule has 0 aliphatic carbocycles. The number of carbonyl (C=O) groups is 1. The quantitative estimate of drug-likeness (QED) is 0.0978. The molecule has 1 nitrogen and oxygen atoms in total. The highest BCUT2D eigenvalue weighted by atomic mass is 16.1. The van der Waals surface area contributed by atoms with Crippen molar-refractivity contribution in [2.45, 2.75) is 94.8 Å². The summed E-state index contributed by atoms with van der Waals surface area (Å²) in [5, 5.41) is 0. The van der Waals surface area contributed by atoms with Crippen LogP contribution in [0.4, 0.5) is 0 Å². The molecule has 41 heavy (non-hydrogen) atoms. The van der Waals surface area contributed by atoms with Gasteiger partial charge in [-0.25, -0.2) is 0 Å². The highest BCUT2D eigenvalue weighted by Crippen LogP contribution is 2.11. The van der Waals surface area contributed by atoms with E-state index in [0.717, 1.165) is 41.7 Å². The van der Waals surface area contributed by atoms with Crippen molar-refractivity contribution in [1.82, 2.24) is 0 Å². The largest absolute Gasteiger partial charge is 0.290 e. The van der Waals surface area contributed by atoms with Gasteiger partial charge in [-0.1, -0.05) is 137 Å². The third-order valence-electron chi connectivity index (χ3n) is 5.43. The van der Waals surface area contributed by atoms with Crippen LogP contribution < -0.4 is 0 Å². The van der Waals surface area contributed by atoms with Crippen molar-refractivity contribution in [1.29, 1.82) is 0 Å². The van der Waals surface area contributed by atoms with Crippen molar-refractivity contribution < 1.29 is 18.5 Å². The van der Waals surface area contributed by atoms with E-state index >= 15 is 0 Å². The normalized spacial score (nSPS) is 20.3. The first-order valence-corrected chi connectivity index (χ1v) is 14.1. The molecule has 0 aromatic rings. The summed E-state index contributed by atoms with van der Waals surface area (Å²) in [5.41, 5.74) is 3.54. The number of rotatable bonds is 17. The Morgan fingerprint density at radius 1 is 0.732 bits per heavy atom. The molecule has 0 spiro atoms. The first-order chi connectivity index (χ1) is 23.4. The zero-order valence-corrected chi connectivity index (χ0v) is 26.3. The summed E-state index contributed by atoms with van der Waals surface area (Å²) in [4.78, 5) is 11.9. The molecule has 1 heteroatoms. The Morgan fingerprint density at radius 3 is 1.93 bits per heavy atom. The molecule has 0 aromatic heterocycles. The van der Waals surface area contributed by atoms with Gasteiger partial charge in [0.1, 0.15) is 0 Å². The Kier molecular flexibility index (Phi) is 13.1. The fraction of sp³-hybridized carbons (Fsp3) is 0.375. The van der Waals surface area contributed by atoms with E-state index in [0.29, 0.717) is 24.3 Å². The van der Waals surface area contributed by atoms with E-state index in [9.17, 15) is 4.79 Å². The predicted molar refractivity (Wildman–Crippen MR) is 186 cm³/mol. The van der Waals surface area contributed by atoms with Crippen LogP contribution in [0.1, 0.15) is 108 Å². The molecule has 0 aromatic carbocycles. The van der Waals surface area contributed by atoms with Crippen molar-refractivity contribution >= 4 is 5.78 Å². The summed E-state index contributed by atoms with van der Waals surface area (Å²) in [7, 11) is 0. The van der Waals surface area contributed by atoms with Gasteiger partial charge in [0.25, 0.3) is 0 Å². The molecule has 0 amide bonds. The van der Waals surface area contributed by atoms with Crippen LogP contribution in [-0.2, 0) is 4.79 Å². The maximum absolute atomic E-state index is 11.9. The number of allylic oxidation sites excluding steroid dienone is 24. The van der Waals surface area contributed by atoms with Gasteiger partial charge in [-0.05, 0) is 106 Å². The lowest BCUT2D eigenvalue weighted by Crippen LogP contribution is -1.89. The molecular weight excluding hydrogens is 496 g/mol. The van der Waals surface area contributed by atoms with Gasteiger partial charge < -0.3 is 0 Å². The van der Waals surface area contributed by atoms with Crippen LogP contribution >= 0.6 is 0 Å². The topological polar surface area (TPSA) is 17.1 Å². The van der Waals surface area contributed by atoms with Gasteiger partial charge in [0, 0.05) is 8.22 Å². The van der Waals surface area contributed by atoms with Crippen LogP contribution in [0.3, 0.4) is 0 Å². The molecule has 222 valence electrons. The first kappa shape index (κ1) is 23.1. The van der Waals surface area contributed by atoms with E-state index in [4.69, 9.17) is 13.7 Å². The van der Waals surface area contributed by atoms with Crippen molar-refractivity contribution in [3.63, 3.8) is 0 Å². The second kappa shape index (κ2) is 23.3. The summed E-state index contributed by atoms with van der Waals surface area (Å²) in [6, 6.07) is -1.98. The maximum Gasteiger partial charge on any atom is 0.178 e. The summed E-state index contributed by atoms with van der Waals surface area (Å²) >= 11 is 0. The lowest BCUT2D eigenvalue weighted by atomic mass is 10.0. The molecule has 1 atom stereocenters. The molecule has 0 N–H and O–H groups in total. The first-order valence-electron chi connectivity index (χ1n) is 19.1. The smallest absolute Gasteiger partial charge is 0.178 e. The van der Waals surface area contributed by atoms with Crippen molar-refractivity contribution in [3.8, 4) is 0 Å². The molecule has 0 aliphatic heterocycles. The fourth-order valence-electron chi connectivity index (χ4n) is 3.26.